The Balaban J connectivity index is 1.31. The first-order chi connectivity index (χ1) is 18.2. The molecule has 0 fully saturated rings. The number of likely N-dealkylation sites (N-methyl/N-ethyl adjacent to an activating group) is 1. The number of aromatic nitrogens is 4. The lowest BCUT2D eigenvalue weighted by Gasteiger charge is -2.22. The normalized spacial score (nSPS) is 11.3. The summed E-state index contributed by atoms with van der Waals surface area (Å²) in [6.07, 6.45) is 3.63. The Hall–Kier alpha value is -4.62. The molecule has 7 nitrogen and oxygen atoms in total. The number of benzene rings is 3. The molecule has 0 spiro atoms. The maximum Gasteiger partial charge on any atom is 0.180 e. The summed E-state index contributed by atoms with van der Waals surface area (Å²) in [4.78, 5) is 21.2. The molecule has 2 aromatic heterocycles. The van der Waals surface area contributed by atoms with Gasteiger partial charge in [-0.1, -0.05) is 36.4 Å². The largest absolute Gasteiger partial charge is 0.371 e. The number of nitrogens with one attached hydrogen (secondary N) is 1. The second-order valence-electron chi connectivity index (χ2n) is 8.89. The molecule has 0 unspecified atom stereocenters. The van der Waals surface area contributed by atoms with Crippen molar-refractivity contribution in [1.29, 1.82) is 0 Å². The lowest BCUT2D eigenvalue weighted by atomic mass is 9.92. The summed E-state index contributed by atoms with van der Waals surface area (Å²) in [5, 5.41) is 3.40. The monoisotopic (exact) mass is 485 g/mol. The Labute approximate surface area is 216 Å². The molecule has 4 aliphatic rings. The fourth-order valence-electron chi connectivity index (χ4n) is 4.73. The number of nitrogens with zero attached hydrogens (tertiary/aromatic N) is 5. The lowest BCUT2D eigenvalue weighted by Crippen LogP contribution is -2.28. The Morgan fingerprint density at radius 1 is 0.784 bits per heavy atom. The predicted octanol–water partition coefficient (Wildman–Crippen LogP) is 5.78. The van der Waals surface area contributed by atoms with E-state index in [-0.39, 0.29) is 0 Å². The molecule has 5 aromatic rings. The number of hydrogen-bond donors (Lipinski definition) is 2. The van der Waals surface area contributed by atoms with Crippen LogP contribution in [0.3, 0.4) is 0 Å². The van der Waals surface area contributed by atoms with Gasteiger partial charge in [0.05, 0.1) is 0 Å². The molecule has 0 amide bonds. The molecule has 182 valence electrons. The summed E-state index contributed by atoms with van der Waals surface area (Å²) >= 11 is 0. The fourth-order valence-corrected chi connectivity index (χ4v) is 4.73. The van der Waals surface area contributed by atoms with Crippen LogP contribution in [-0.4, -0.2) is 39.6 Å². The van der Waals surface area contributed by atoms with Gasteiger partial charge in [-0.3, -0.25) is 0 Å². The number of hydrogen-bond acceptors (Lipinski definition) is 7. The van der Waals surface area contributed by atoms with E-state index >= 15 is 0 Å². The third-order valence-electron chi connectivity index (χ3n) is 6.60. The highest BCUT2D eigenvalue weighted by Gasteiger charge is 2.22. The molecule has 37 heavy (non-hydrogen) atoms. The van der Waals surface area contributed by atoms with Crippen molar-refractivity contribution in [3.8, 4) is 45.2 Å². The molecule has 3 N–H and O–H groups in total. The predicted molar refractivity (Wildman–Crippen MR) is 150 cm³/mol. The fraction of sp³-hybridized carbons (Fsp3) is 0.133. The molecule has 0 atom stereocenters. The maximum absolute atomic E-state index is 5.75. The van der Waals surface area contributed by atoms with Crippen LogP contribution in [0.2, 0.25) is 0 Å². The zero-order valence-corrected chi connectivity index (χ0v) is 20.6. The average molecular weight is 486 g/mol. The first kappa shape index (κ1) is 22.8. The Kier molecular flexibility index (Phi) is 6.04. The van der Waals surface area contributed by atoms with Crippen LogP contribution in [-0.2, 0) is 0 Å². The molecule has 4 aliphatic heterocycles. The summed E-state index contributed by atoms with van der Waals surface area (Å²) in [5.74, 6) is 1.93. The minimum absolute atomic E-state index is 0.559. The third-order valence-corrected chi connectivity index (χ3v) is 6.60. The van der Waals surface area contributed by atoms with E-state index in [4.69, 9.17) is 15.7 Å². The topological polar surface area (TPSA) is 92.8 Å². The van der Waals surface area contributed by atoms with Crippen LogP contribution in [0.25, 0.3) is 45.2 Å². The molecular formula is C30H27N7. The van der Waals surface area contributed by atoms with Gasteiger partial charge in [-0.05, 0) is 66.1 Å². The number of anilines is 3. The standard InChI is InChI=1S/C30H27N7/c1-2-37(17-15-31)23-11-9-22(10-12-23)34-27-14-16-32-30(35-27)28-26-19-33-29(36-28)24-13-8-21(26)18-25(24)20-6-4-3-5-7-20/h3-14,16,18-19H,2,15,17,31H2,1H3,(H,32,34,35). The molecule has 0 radical (unpaired) electrons. The van der Waals surface area contributed by atoms with Crippen LogP contribution < -0.4 is 16.0 Å². The first-order valence-electron chi connectivity index (χ1n) is 12.5. The van der Waals surface area contributed by atoms with E-state index in [1.54, 1.807) is 6.20 Å². The van der Waals surface area contributed by atoms with Crippen LogP contribution in [0.5, 0.6) is 0 Å². The van der Waals surface area contributed by atoms with E-state index in [2.05, 4.69) is 81.7 Å². The highest BCUT2D eigenvalue weighted by Crippen LogP contribution is 2.40. The summed E-state index contributed by atoms with van der Waals surface area (Å²) in [7, 11) is 0. The summed E-state index contributed by atoms with van der Waals surface area (Å²) < 4.78 is 0. The van der Waals surface area contributed by atoms with Crippen molar-refractivity contribution in [2.45, 2.75) is 6.92 Å². The maximum atomic E-state index is 5.75. The molecule has 0 saturated carbocycles. The smallest absolute Gasteiger partial charge is 0.180 e. The van der Waals surface area contributed by atoms with Gasteiger partial charge >= 0.3 is 0 Å². The van der Waals surface area contributed by atoms with Crippen molar-refractivity contribution < 1.29 is 0 Å². The van der Waals surface area contributed by atoms with Crippen molar-refractivity contribution in [3.63, 3.8) is 0 Å². The van der Waals surface area contributed by atoms with Gasteiger partial charge in [0.2, 0.25) is 0 Å². The van der Waals surface area contributed by atoms with Gasteiger partial charge in [-0.2, -0.15) is 0 Å². The van der Waals surface area contributed by atoms with E-state index < -0.39 is 0 Å². The van der Waals surface area contributed by atoms with Gasteiger partial charge in [-0.15, -0.1) is 0 Å². The summed E-state index contributed by atoms with van der Waals surface area (Å²) in [6.45, 7) is 4.50. The van der Waals surface area contributed by atoms with Gasteiger partial charge in [0.1, 0.15) is 11.5 Å². The second kappa shape index (κ2) is 9.79. The first-order valence-corrected chi connectivity index (χ1v) is 12.5. The van der Waals surface area contributed by atoms with E-state index in [1.165, 1.54) is 0 Å². The molecule has 4 bridgehead atoms. The summed E-state index contributed by atoms with van der Waals surface area (Å²) in [6, 6.07) is 26.9. The number of nitrogens with two attached hydrogens (primary N) is 1. The van der Waals surface area contributed by atoms with Crippen molar-refractivity contribution in [2.75, 3.05) is 29.9 Å². The molecule has 6 heterocycles. The van der Waals surface area contributed by atoms with Crippen molar-refractivity contribution >= 4 is 17.2 Å². The Bertz CT molecular complexity index is 1550. The second-order valence-corrected chi connectivity index (χ2v) is 8.89. The van der Waals surface area contributed by atoms with Gasteiger partial charge in [0.25, 0.3) is 0 Å². The van der Waals surface area contributed by atoms with Crippen molar-refractivity contribution in [3.05, 3.63) is 91.3 Å². The molecule has 9 rings (SSSR count). The van der Waals surface area contributed by atoms with Crippen LogP contribution in [0.4, 0.5) is 17.2 Å². The van der Waals surface area contributed by atoms with E-state index in [9.17, 15) is 0 Å². The van der Waals surface area contributed by atoms with Gasteiger partial charge in [0, 0.05) is 54.5 Å². The Morgan fingerprint density at radius 3 is 2.41 bits per heavy atom. The van der Waals surface area contributed by atoms with E-state index in [0.29, 0.717) is 24.0 Å². The Morgan fingerprint density at radius 2 is 1.62 bits per heavy atom. The highest BCUT2D eigenvalue weighted by molar-refractivity contribution is 5.90. The quantitative estimate of drug-likeness (QED) is 0.282. The van der Waals surface area contributed by atoms with Crippen molar-refractivity contribution in [2.24, 2.45) is 5.73 Å². The van der Waals surface area contributed by atoms with Crippen LogP contribution >= 0.6 is 0 Å². The molecular weight excluding hydrogens is 458 g/mol. The molecule has 7 heteroatoms. The van der Waals surface area contributed by atoms with E-state index in [0.717, 1.165) is 58.0 Å². The SMILES string of the molecule is CCN(CCN)c1ccc(Nc2ccnc(-c3nc4ncc3-c3ccc-4c(-c4ccccc4)c3)n2)cc1. The zero-order chi connectivity index (χ0) is 25.2. The lowest BCUT2D eigenvalue weighted by molar-refractivity contribution is 0.817. The average Bonchev–Trinajstić information content (AvgIpc) is 2.94. The van der Waals surface area contributed by atoms with Crippen LogP contribution in [0, 0.1) is 0 Å². The highest BCUT2D eigenvalue weighted by atomic mass is 15.1. The molecule has 0 saturated heterocycles. The minimum atomic E-state index is 0.559. The van der Waals surface area contributed by atoms with Gasteiger partial charge in [-0.25, -0.2) is 19.9 Å². The summed E-state index contributed by atoms with van der Waals surface area (Å²) in [5.41, 5.74) is 13.8. The third kappa shape index (κ3) is 4.41. The van der Waals surface area contributed by atoms with Gasteiger partial charge < -0.3 is 16.0 Å². The minimum Gasteiger partial charge on any atom is -0.371 e. The van der Waals surface area contributed by atoms with Gasteiger partial charge in [0.15, 0.2) is 11.6 Å². The zero-order valence-electron chi connectivity index (χ0n) is 20.6. The van der Waals surface area contributed by atoms with Crippen molar-refractivity contribution in [1.82, 2.24) is 19.9 Å². The number of rotatable bonds is 8. The van der Waals surface area contributed by atoms with E-state index in [1.807, 2.05) is 30.5 Å². The van der Waals surface area contributed by atoms with Crippen LogP contribution in [0.1, 0.15) is 6.92 Å². The van der Waals surface area contributed by atoms with Crippen LogP contribution in [0.15, 0.2) is 91.3 Å². The molecule has 0 aliphatic carbocycles. The molecule has 3 aromatic carbocycles.